The molecule has 0 bridgehead atoms. The number of carbonyl (C=O) groups is 1. The molecule has 0 aliphatic carbocycles. The van der Waals surface area contributed by atoms with Crippen molar-refractivity contribution in [3.8, 4) is 11.5 Å². The molecule has 0 saturated carbocycles. The van der Waals surface area contributed by atoms with Crippen LogP contribution in [0, 0.1) is 6.92 Å². The number of hydrogen-bond acceptors (Lipinski definition) is 8. The second kappa shape index (κ2) is 10.0. The highest BCUT2D eigenvalue weighted by Gasteiger charge is 2.23. The number of urea groups is 1. The number of aromatic nitrogens is 3. The first-order chi connectivity index (χ1) is 16.1. The van der Waals surface area contributed by atoms with Crippen molar-refractivity contribution >= 4 is 29.2 Å². The lowest BCUT2D eigenvalue weighted by Gasteiger charge is -2.35. The molecule has 1 fully saturated rings. The zero-order valence-electron chi connectivity index (χ0n) is 18.9. The van der Waals surface area contributed by atoms with Gasteiger partial charge in [-0.1, -0.05) is 6.07 Å². The third kappa shape index (κ3) is 5.40. The molecule has 2 N–H and O–H groups in total. The number of piperazine rings is 1. The van der Waals surface area contributed by atoms with Gasteiger partial charge in [0.15, 0.2) is 11.6 Å². The van der Waals surface area contributed by atoms with E-state index in [9.17, 15) is 4.79 Å². The van der Waals surface area contributed by atoms with Crippen LogP contribution >= 0.6 is 0 Å². The molecule has 4 rings (SSSR count). The van der Waals surface area contributed by atoms with Crippen LogP contribution in [0.15, 0.2) is 48.5 Å². The van der Waals surface area contributed by atoms with E-state index in [2.05, 4.69) is 30.7 Å². The van der Waals surface area contributed by atoms with Crippen molar-refractivity contribution in [1.82, 2.24) is 20.1 Å². The van der Waals surface area contributed by atoms with Crippen LogP contribution in [0.1, 0.15) is 5.69 Å². The topological polar surface area (TPSA) is 105 Å². The van der Waals surface area contributed by atoms with E-state index in [1.54, 1.807) is 37.3 Å². The number of benzene rings is 1. The molecule has 3 aromatic rings. The minimum Gasteiger partial charge on any atom is -0.497 e. The number of nitrogens with zero attached hydrogens (tertiary/aromatic N) is 5. The van der Waals surface area contributed by atoms with Gasteiger partial charge in [-0.3, -0.25) is 0 Å². The van der Waals surface area contributed by atoms with E-state index in [1.807, 2.05) is 37.3 Å². The Morgan fingerprint density at radius 1 is 0.939 bits per heavy atom. The van der Waals surface area contributed by atoms with Gasteiger partial charge in [0.1, 0.15) is 17.3 Å². The first kappa shape index (κ1) is 22.1. The molecule has 0 radical (unpaired) electrons. The molecule has 2 aromatic heterocycles. The first-order valence-corrected chi connectivity index (χ1v) is 10.6. The van der Waals surface area contributed by atoms with E-state index in [0.29, 0.717) is 49.2 Å². The zero-order chi connectivity index (χ0) is 23.2. The van der Waals surface area contributed by atoms with Gasteiger partial charge in [-0.15, -0.1) is 10.2 Å². The molecule has 0 unspecified atom stereocenters. The molecule has 0 atom stereocenters. The fourth-order valence-electron chi connectivity index (χ4n) is 3.55. The van der Waals surface area contributed by atoms with Gasteiger partial charge in [-0.2, -0.15) is 0 Å². The zero-order valence-corrected chi connectivity index (χ0v) is 18.9. The van der Waals surface area contributed by atoms with Gasteiger partial charge in [0.2, 0.25) is 0 Å². The number of nitrogens with one attached hydrogen (secondary N) is 2. The smallest absolute Gasteiger partial charge is 0.322 e. The van der Waals surface area contributed by atoms with Crippen molar-refractivity contribution in [2.75, 3.05) is 55.9 Å². The van der Waals surface area contributed by atoms with Crippen LogP contribution in [-0.4, -0.2) is 66.5 Å². The lowest BCUT2D eigenvalue weighted by molar-refractivity contribution is 0.208. The van der Waals surface area contributed by atoms with E-state index in [-0.39, 0.29) is 6.03 Å². The Kier molecular flexibility index (Phi) is 6.72. The number of methoxy groups -OCH3 is 2. The van der Waals surface area contributed by atoms with E-state index >= 15 is 0 Å². The average Bonchev–Trinajstić information content (AvgIpc) is 2.84. The Morgan fingerprint density at radius 3 is 2.42 bits per heavy atom. The lowest BCUT2D eigenvalue weighted by atomic mass is 10.2. The molecule has 0 spiro atoms. The van der Waals surface area contributed by atoms with Crippen LogP contribution < -0.4 is 25.0 Å². The molecule has 1 aliphatic rings. The third-order valence-electron chi connectivity index (χ3n) is 5.33. The molecule has 1 aliphatic heterocycles. The SMILES string of the molecule is COc1ccc(OC)c(NC(=O)N2CCN(c3ccc(Nc4cccc(C)n4)nn3)CC2)c1. The summed E-state index contributed by atoms with van der Waals surface area (Å²) >= 11 is 0. The maximum absolute atomic E-state index is 12.8. The Balaban J connectivity index is 1.32. The standard InChI is InChI=1S/C23H27N7O3/c1-16-5-4-6-20(24-16)26-21-9-10-22(28-27-21)29-11-13-30(14-12-29)23(31)25-18-15-17(32-2)7-8-19(18)33-3/h4-10,15H,11-14H2,1-3H3,(H,25,31)(H,24,26,27). The molecular formula is C23H27N7O3. The summed E-state index contributed by atoms with van der Waals surface area (Å²) in [6.45, 7) is 4.38. The van der Waals surface area contributed by atoms with Gasteiger partial charge in [0.05, 0.1) is 19.9 Å². The number of hydrogen-bond donors (Lipinski definition) is 2. The first-order valence-electron chi connectivity index (χ1n) is 10.6. The highest BCUT2D eigenvalue weighted by Crippen LogP contribution is 2.29. The largest absolute Gasteiger partial charge is 0.497 e. The minimum atomic E-state index is -0.183. The molecule has 2 amide bonds. The lowest BCUT2D eigenvalue weighted by Crippen LogP contribution is -2.50. The van der Waals surface area contributed by atoms with Crippen molar-refractivity contribution < 1.29 is 14.3 Å². The summed E-state index contributed by atoms with van der Waals surface area (Å²) in [5.41, 5.74) is 1.50. The average molecular weight is 450 g/mol. The third-order valence-corrected chi connectivity index (χ3v) is 5.33. The number of carbonyl (C=O) groups excluding carboxylic acids is 1. The number of anilines is 4. The normalized spacial score (nSPS) is 13.4. The van der Waals surface area contributed by atoms with Crippen LogP contribution in [0.5, 0.6) is 11.5 Å². The Hall–Kier alpha value is -4.08. The second-order valence-corrected chi connectivity index (χ2v) is 7.54. The number of rotatable bonds is 6. The number of amides is 2. The molecule has 33 heavy (non-hydrogen) atoms. The van der Waals surface area contributed by atoms with E-state index in [4.69, 9.17) is 9.47 Å². The summed E-state index contributed by atoms with van der Waals surface area (Å²) in [7, 11) is 3.15. The van der Waals surface area contributed by atoms with E-state index in [0.717, 1.165) is 17.3 Å². The summed E-state index contributed by atoms with van der Waals surface area (Å²) in [6, 6.07) is 14.7. The molecule has 10 heteroatoms. The van der Waals surface area contributed by atoms with Crippen molar-refractivity contribution in [3.63, 3.8) is 0 Å². The van der Waals surface area contributed by atoms with Gasteiger partial charge < -0.3 is 29.9 Å². The van der Waals surface area contributed by atoms with Gasteiger partial charge in [0.25, 0.3) is 0 Å². The molecule has 3 heterocycles. The number of aryl methyl sites for hydroxylation is 1. The molecule has 10 nitrogen and oxygen atoms in total. The summed E-state index contributed by atoms with van der Waals surface area (Å²) in [4.78, 5) is 21.1. The fraction of sp³-hybridized carbons (Fsp3) is 0.304. The highest BCUT2D eigenvalue weighted by atomic mass is 16.5. The molecule has 172 valence electrons. The molecular weight excluding hydrogens is 422 g/mol. The van der Waals surface area contributed by atoms with E-state index in [1.165, 1.54) is 0 Å². The van der Waals surface area contributed by atoms with Gasteiger partial charge in [-0.05, 0) is 43.3 Å². The molecule has 1 aromatic carbocycles. The maximum Gasteiger partial charge on any atom is 0.322 e. The highest BCUT2D eigenvalue weighted by molar-refractivity contribution is 5.91. The van der Waals surface area contributed by atoms with Gasteiger partial charge in [0, 0.05) is 37.9 Å². The minimum absolute atomic E-state index is 0.183. The summed E-state index contributed by atoms with van der Waals surface area (Å²) < 4.78 is 10.6. The summed E-state index contributed by atoms with van der Waals surface area (Å²) in [5, 5.41) is 14.7. The molecule has 1 saturated heterocycles. The predicted molar refractivity (Wildman–Crippen MR) is 127 cm³/mol. The van der Waals surface area contributed by atoms with Crippen LogP contribution in [0.4, 0.5) is 27.9 Å². The monoisotopic (exact) mass is 449 g/mol. The van der Waals surface area contributed by atoms with Crippen LogP contribution in [0.2, 0.25) is 0 Å². The number of ether oxygens (including phenoxy) is 2. The van der Waals surface area contributed by atoms with Crippen molar-refractivity contribution in [3.05, 3.63) is 54.2 Å². The Morgan fingerprint density at radius 2 is 1.76 bits per heavy atom. The Labute approximate surface area is 192 Å². The Bertz CT molecular complexity index is 1100. The quantitative estimate of drug-likeness (QED) is 0.591. The van der Waals surface area contributed by atoms with E-state index < -0.39 is 0 Å². The van der Waals surface area contributed by atoms with Crippen LogP contribution in [-0.2, 0) is 0 Å². The summed E-state index contributed by atoms with van der Waals surface area (Å²) in [5.74, 6) is 3.34. The summed E-state index contributed by atoms with van der Waals surface area (Å²) in [6.07, 6.45) is 0. The second-order valence-electron chi connectivity index (χ2n) is 7.54. The maximum atomic E-state index is 12.8. The van der Waals surface area contributed by atoms with Crippen molar-refractivity contribution in [2.24, 2.45) is 0 Å². The number of pyridine rings is 1. The van der Waals surface area contributed by atoms with Gasteiger partial charge in [-0.25, -0.2) is 9.78 Å². The predicted octanol–water partition coefficient (Wildman–Crippen LogP) is 3.29. The van der Waals surface area contributed by atoms with Crippen LogP contribution in [0.3, 0.4) is 0 Å². The van der Waals surface area contributed by atoms with Gasteiger partial charge >= 0.3 is 6.03 Å². The van der Waals surface area contributed by atoms with Crippen LogP contribution in [0.25, 0.3) is 0 Å². The van der Waals surface area contributed by atoms with Crippen molar-refractivity contribution in [2.45, 2.75) is 6.92 Å². The fourth-order valence-corrected chi connectivity index (χ4v) is 3.55. The van der Waals surface area contributed by atoms with Crippen molar-refractivity contribution in [1.29, 1.82) is 0 Å².